The van der Waals surface area contributed by atoms with E-state index in [0.717, 1.165) is 16.1 Å². The first-order valence-electron chi connectivity index (χ1n) is 4.12. The average molecular weight is 288 g/mol. The summed E-state index contributed by atoms with van der Waals surface area (Å²) in [5.41, 5.74) is 0.939. The minimum absolute atomic E-state index is 0.667. The van der Waals surface area contributed by atoms with Crippen molar-refractivity contribution in [2.24, 2.45) is 0 Å². The number of carboxylic acids is 1. The standard InChI is InChI=1S/C11H8BrClO2/c12-10(2-1-3-11(14)15)8-4-6-9(13)7-5-8/h1-7H,(H,14,15)/b3-1+,10-2+. The maximum absolute atomic E-state index is 10.2. The molecule has 0 aromatic heterocycles. The lowest BCUT2D eigenvalue weighted by Gasteiger charge is -1.97. The van der Waals surface area contributed by atoms with Crippen molar-refractivity contribution >= 4 is 38.0 Å². The van der Waals surface area contributed by atoms with Gasteiger partial charge in [-0.2, -0.15) is 0 Å². The van der Waals surface area contributed by atoms with Crippen molar-refractivity contribution in [3.05, 3.63) is 53.1 Å². The van der Waals surface area contributed by atoms with E-state index in [4.69, 9.17) is 16.7 Å². The van der Waals surface area contributed by atoms with Crippen LogP contribution in [0, 0.1) is 0 Å². The first-order chi connectivity index (χ1) is 7.09. The van der Waals surface area contributed by atoms with Crippen LogP contribution in [0.3, 0.4) is 0 Å². The second-order valence-electron chi connectivity index (χ2n) is 2.72. The molecule has 0 radical (unpaired) electrons. The van der Waals surface area contributed by atoms with E-state index in [-0.39, 0.29) is 0 Å². The number of halogens is 2. The SMILES string of the molecule is O=C(O)/C=C/C=C(/Br)c1ccc(Cl)cc1. The van der Waals surface area contributed by atoms with E-state index < -0.39 is 5.97 Å². The third kappa shape index (κ3) is 4.32. The Bertz CT molecular complexity index is 407. The fourth-order valence-electron chi connectivity index (χ4n) is 0.920. The molecular weight excluding hydrogens is 279 g/mol. The number of carboxylic acid groups (broad SMARTS) is 1. The van der Waals surface area contributed by atoms with Crippen LogP contribution in [-0.2, 0) is 4.79 Å². The second-order valence-corrected chi connectivity index (χ2v) is 4.01. The van der Waals surface area contributed by atoms with Crippen LogP contribution in [0.15, 0.2) is 42.5 Å². The van der Waals surface area contributed by atoms with Gasteiger partial charge in [0.25, 0.3) is 0 Å². The molecule has 1 N–H and O–H groups in total. The van der Waals surface area contributed by atoms with Gasteiger partial charge >= 0.3 is 5.97 Å². The molecule has 0 saturated carbocycles. The van der Waals surface area contributed by atoms with Gasteiger partial charge in [0, 0.05) is 15.6 Å². The van der Waals surface area contributed by atoms with E-state index >= 15 is 0 Å². The Labute approximate surface area is 101 Å². The summed E-state index contributed by atoms with van der Waals surface area (Å²) < 4.78 is 0.802. The molecule has 0 saturated heterocycles. The van der Waals surface area contributed by atoms with Crippen molar-refractivity contribution in [3.8, 4) is 0 Å². The number of aliphatic carboxylic acids is 1. The quantitative estimate of drug-likeness (QED) is 0.679. The smallest absolute Gasteiger partial charge is 0.328 e. The Morgan fingerprint density at radius 3 is 2.47 bits per heavy atom. The Hall–Kier alpha value is -1.06. The van der Waals surface area contributed by atoms with E-state index in [1.165, 1.54) is 6.08 Å². The molecule has 78 valence electrons. The van der Waals surface area contributed by atoms with Crippen molar-refractivity contribution < 1.29 is 9.90 Å². The molecule has 0 aliphatic heterocycles. The predicted octanol–water partition coefficient (Wildman–Crippen LogP) is 3.72. The third-order valence-corrected chi connectivity index (χ3v) is 2.58. The maximum atomic E-state index is 10.2. The van der Waals surface area contributed by atoms with Gasteiger partial charge in [0.2, 0.25) is 0 Å². The summed E-state index contributed by atoms with van der Waals surface area (Å²) in [6.45, 7) is 0. The number of allylic oxidation sites excluding steroid dienone is 2. The van der Waals surface area contributed by atoms with Gasteiger partial charge in [0.15, 0.2) is 0 Å². The third-order valence-electron chi connectivity index (χ3n) is 1.60. The lowest BCUT2D eigenvalue weighted by molar-refractivity contribution is -0.131. The summed E-state index contributed by atoms with van der Waals surface area (Å²) in [6, 6.07) is 7.23. The zero-order chi connectivity index (χ0) is 11.3. The number of hydrogen-bond acceptors (Lipinski definition) is 1. The molecule has 0 atom stereocenters. The summed E-state index contributed by atoms with van der Waals surface area (Å²) >= 11 is 9.07. The van der Waals surface area contributed by atoms with Crippen LogP contribution < -0.4 is 0 Å². The van der Waals surface area contributed by atoms with Gasteiger partial charge in [0.05, 0.1) is 0 Å². The first kappa shape index (κ1) is 12.0. The monoisotopic (exact) mass is 286 g/mol. The number of hydrogen-bond donors (Lipinski definition) is 1. The maximum Gasteiger partial charge on any atom is 0.328 e. The summed E-state index contributed by atoms with van der Waals surface area (Å²) in [4.78, 5) is 10.2. The summed E-state index contributed by atoms with van der Waals surface area (Å²) in [5.74, 6) is -0.970. The molecule has 4 heteroatoms. The second kappa shape index (κ2) is 5.73. The molecule has 1 rings (SSSR count). The molecule has 0 amide bonds. The predicted molar refractivity (Wildman–Crippen MR) is 65.1 cm³/mol. The van der Waals surface area contributed by atoms with Gasteiger partial charge < -0.3 is 5.11 Å². The van der Waals surface area contributed by atoms with Crippen LogP contribution in [0.25, 0.3) is 4.48 Å². The van der Waals surface area contributed by atoms with E-state index in [1.54, 1.807) is 18.2 Å². The molecule has 0 unspecified atom stereocenters. The van der Waals surface area contributed by atoms with Crippen LogP contribution in [-0.4, -0.2) is 11.1 Å². The zero-order valence-electron chi connectivity index (χ0n) is 7.65. The van der Waals surface area contributed by atoms with Crippen molar-refractivity contribution in [2.75, 3.05) is 0 Å². The van der Waals surface area contributed by atoms with Crippen molar-refractivity contribution in [2.45, 2.75) is 0 Å². The largest absolute Gasteiger partial charge is 0.478 e. The summed E-state index contributed by atoms with van der Waals surface area (Å²) in [6.07, 6.45) is 4.19. The van der Waals surface area contributed by atoms with Gasteiger partial charge in [-0.1, -0.05) is 45.7 Å². The zero-order valence-corrected chi connectivity index (χ0v) is 9.99. The molecule has 0 heterocycles. The normalized spacial score (nSPS) is 12.0. The topological polar surface area (TPSA) is 37.3 Å². The summed E-state index contributed by atoms with van der Waals surface area (Å²) in [5, 5.41) is 9.05. The van der Waals surface area contributed by atoms with Crippen LogP contribution >= 0.6 is 27.5 Å². The van der Waals surface area contributed by atoms with Crippen LogP contribution in [0.4, 0.5) is 0 Å². The lowest BCUT2D eigenvalue weighted by Crippen LogP contribution is -1.84. The molecule has 1 aromatic rings. The Morgan fingerprint density at radius 2 is 1.93 bits per heavy atom. The van der Waals surface area contributed by atoms with Crippen LogP contribution in [0.5, 0.6) is 0 Å². The number of rotatable bonds is 3. The number of carbonyl (C=O) groups is 1. The highest BCUT2D eigenvalue weighted by atomic mass is 79.9. The molecule has 0 spiro atoms. The minimum atomic E-state index is -0.970. The molecule has 0 fully saturated rings. The average Bonchev–Trinajstić information content (AvgIpc) is 2.18. The van der Waals surface area contributed by atoms with E-state index in [2.05, 4.69) is 15.9 Å². The Morgan fingerprint density at radius 1 is 1.33 bits per heavy atom. The molecule has 0 aliphatic carbocycles. The highest BCUT2D eigenvalue weighted by Gasteiger charge is 1.95. The van der Waals surface area contributed by atoms with Crippen LogP contribution in [0.1, 0.15) is 5.56 Å². The van der Waals surface area contributed by atoms with Gasteiger partial charge in [-0.3, -0.25) is 0 Å². The summed E-state index contributed by atoms with van der Waals surface area (Å²) in [7, 11) is 0. The van der Waals surface area contributed by atoms with Crippen molar-refractivity contribution in [1.29, 1.82) is 0 Å². The van der Waals surface area contributed by atoms with Gasteiger partial charge in [-0.05, 0) is 23.8 Å². The lowest BCUT2D eigenvalue weighted by atomic mass is 10.2. The van der Waals surface area contributed by atoms with E-state index in [0.29, 0.717) is 5.02 Å². The van der Waals surface area contributed by atoms with Gasteiger partial charge in [-0.15, -0.1) is 0 Å². The van der Waals surface area contributed by atoms with E-state index in [1.807, 2.05) is 12.1 Å². The molecule has 15 heavy (non-hydrogen) atoms. The fourth-order valence-corrected chi connectivity index (χ4v) is 1.46. The van der Waals surface area contributed by atoms with Crippen LogP contribution in [0.2, 0.25) is 5.02 Å². The highest BCUT2D eigenvalue weighted by Crippen LogP contribution is 2.22. The van der Waals surface area contributed by atoms with Gasteiger partial charge in [0.1, 0.15) is 0 Å². The first-order valence-corrected chi connectivity index (χ1v) is 5.29. The highest BCUT2D eigenvalue weighted by molar-refractivity contribution is 9.15. The molecule has 0 bridgehead atoms. The van der Waals surface area contributed by atoms with Gasteiger partial charge in [-0.25, -0.2) is 4.79 Å². The molecule has 2 nitrogen and oxygen atoms in total. The van der Waals surface area contributed by atoms with E-state index in [9.17, 15) is 4.79 Å². The van der Waals surface area contributed by atoms with Crippen molar-refractivity contribution in [3.63, 3.8) is 0 Å². The molecular formula is C11H8BrClO2. The minimum Gasteiger partial charge on any atom is -0.478 e. The molecule has 1 aromatic carbocycles. The van der Waals surface area contributed by atoms with Crippen molar-refractivity contribution in [1.82, 2.24) is 0 Å². The molecule has 0 aliphatic rings. The Kier molecular flexibility index (Phi) is 4.59. The fraction of sp³-hybridized carbons (Fsp3) is 0. The number of benzene rings is 1. The Balaban J connectivity index is 2.80.